The third kappa shape index (κ3) is 4.80. The predicted molar refractivity (Wildman–Crippen MR) is 110 cm³/mol. The maximum atomic E-state index is 12.4. The van der Waals surface area contributed by atoms with E-state index in [1.807, 2.05) is 0 Å². The first-order valence-electron chi connectivity index (χ1n) is 8.93. The van der Waals surface area contributed by atoms with Crippen LogP contribution in [0.1, 0.15) is 27.1 Å². The van der Waals surface area contributed by atoms with E-state index in [4.69, 9.17) is 27.9 Å². The highest BCUT2D eigenvalue weighted by atomic mass is 35.5. The number of nitrogens with zero attached hydrogens (tertiary/aromatic N) is 1. The maximum absolute atomic E-state index is 12.4. The van der Waals surface area contributed by atoms with E-state index < -0.39 is 30.2 Å². The first-order valence-corrected chi connectivity index (χ1v) is 9.69. The van der Waals surface area contributed by atoms with Crippen LogP contribution in [0.15, 0.2) is 42.5 Å². The number of hydrogen-bond donors (Lipinski definition) is 0. The van der Waals surface area contributed by atoms with E-state index in [-0.39, 0.29) is 29.5 Å². The number of rotatable bonds is 6. The maximum Gasteiger partial charge on any atom is 0.337 e. The Labute approximate surface area is 182 Å². The monoisotopic (exact) mass is 449 g/mol. The molecule has 0 saturated carbocycles. The van der Waals surface area contributed by atoms with E-state index >= 15 is 0 Å². The number of methoxy groups -OCH3 is 1. The molecule has 1 amide bonds. The first kappa shape index (κ1) is 21.8. The first-order chi connectivity index (χ1) is 14.3. The number of Topliss-reactive ketones (excluding diaryl/α,β-unsaturated/α-hetero) is 1. The summed E-state index contributed by atoms with van der Waals surface area (Å²) in [5.74, 6) is -2.55. The molecule has 1 saturated heterocycles. The van der Waals surface area contributed by atoms with Gasteiger partial charge in [0.25, 0.3) is 0 Å². The van der Waals surface area contributed by atoms with Gasteiger partial charge in [0.05, 0.1) is 23.6 Å². The summed E-state index contributed by atoms with van der Waals surface area (Å²) in [6.45, 7) is -0.371. The number of carbonyl (C=O) groups excluding carboxylic acids is 4. The summed E-state index contributed by atoms with van der Waals surface area (Å²) in [6.07, 6.45) is -0.0342. The van der Waals surface area contributed by atoms with E-state index in [0.29, 0.717) is 16.3 Å². The highest BCUT2D eigenvalue weighted by Crippen LogP contribution is 2.27. The lowest BCUT2D eigenvalue weighted by atomic mass is 10.1. The zero-order valence-electron chi connectivity index (χ0n) is 15.9. The molecule has 2 aromatic rings. The number of halogens is 2. The van der Waals surface area contributed by atoms with Crippen LogP contribution >= 0.6 is 23.2 Å². The molecule has 0 N–H and O–H groups in total. The van der Waals surface area contributed by atoms with Crippen molar-refractivity contribution in [1.29, 1.82) is 0 Å². The van der Waals surface area contributed by atoms with Gasteiger partial charge in [0, 0.05) is 29.2 Å². The second-order valence-corrected chi connectivity index (χ2v) is 7.44. The SMILES string of the molecule is COC(=O)c1ccc(N2C[C@H](C(=O)OCC(=O)c3ccc(Cl)cc3Cl)CC2=O)cc1. The van der Waals surface area contributed by atoms with Crippen molar-refractivity contribution in [3.8, 4) is 0 Å². The minimum Gasteiger partial charge on any atom is -0.465 e. The molecule has 2 aromatic carbocycles. The van der Waals surface area contributed by atoms with Crippen LogP contribution in [0.4, 0.5) is 5.69 Å². The van der Waals surface area contributed by atoms with Gasteiger partial charge in [0.15, 0.2) is 6.61 Å². The van der Waals surface area contributed by atoms with Crippen molar-refractivity contribution >= 4 is 52.5 Å². The average Bonchev–Trinajstić information content (AvgIpc) is 3.13. The highest BCUT2D eigenvalue weighted by molar-refractivity contribution is 6.36. The molecule has 1 atom stereocenters. The fourth-order valence-corrected chi connectivity index (χ4v) is 3.57. The molecule has 0 unspecified atom stereocenters. The zero-order chi connectivity index (χ0) is 21.8. The molecule has 0 spiro atoms. The Bertz CT molecular complexity index is 1010. The van der Waals surface area contributed by atoms with Crippen LogP contribution in [0.3, 0.4) is 0 Å². The summed E-state index contributed by atoms with van der Waals surface area (Å²) >= 11 is 11.8. The molecule has 1 aliphatic heterocycles. The third-order valence-corrected chi connectivity index (χ3v) is 5.18. The summed E-state index contributed by atoms with van der Waals surface area (Å²) in [4.78, 5) is 49.9. The average molecular weight is 450 g/mol. The lowest BCUT2D eigenvalue weighted by Crippen LogP contribution is -2.27. The topological polar surface area (TPSA) is 90.0 Å². The fourth-order valence-electron chi connectivity index (χ4n) is 3.06. The quantitative estimate of drug-likeness (QED) is 0.494. The number of amides is 1. The number of anilines is 1. The Balaban J connectivity index is 1.59. The minimum absolute atomic E-state index is 0.0342. The molecule has 0 aliphatic carbocycles. The molecule has 0 aromatic heterocycles. The van der Waals surface area contributed by atoms with Gasteiger partial charge in [-0.15, -0.1) is 0 Å². The number of carbonyl (C=O) groups is 4. The highest BCUT2D eigenvalue weighted by Gasteiger charge is 2.36. The molecule has 9 heteroatoms. The van der Waals surface area contributed by atoms with Crippen molar-refractivity contribution in [2.45, 2.75) is 6.42 Å². The Morgan fingerprint density at radius 2 is 1.80 bits per heavy atom. The van der Waals surface area contributed by atoms with E-state index in [2.05, 4.69) is 4.74 Å². The Morgan fingerprint density at radius 1 is 1.10 bits per heavy atom. The lowest BCUT2D eigenvalue weighted by Gasteiger charge is -2.16. The largest absolute Gasteiger partial charge is 0.465 e. The summed E-state index contributed by atoms with van der Waals surface area (Å²) in [7, 11) is 1.28. The van der Waals surface area contributed by atoms with Gasteiger partial charge in [0.2, 0.25) is 11.7 Å². The molecule has 3 rings (SSSR count). The van der Waals surface area contributed by atoms with Crippen LogP contribution in [0.2, 0.25) is 10.0 Å². The van der Waals surface area contributed by atoms with Crippen molar-refractivity contribution in [2.75, 3.05) is 25.2 Å². The van der Waals surface area contributed by atoms with Gasteiger partial charge in [-0.05, 0) is 42.5 Å². The molecule has 1 heterocycles. The summed E-state index contributed by atoms with van der Waals surface area (Å²) in [5, 5.41) is 0.555. The van der Waals surface area contributed by atoms with E-state index in [1.165, 1.54) is 42.3 Å². The van der Waals surface area contributed by atoms with Crippen molar-refractivity contribution in [2.24, 2.45) is 5.92 Å². The van der Waals surface area contributed by atoms with Gasteiger partial charge in [-0.3, -0.25) is 14.4 Å². The van der Waals surface area contributed by atoms with Crippen molar-refractivity contribution in [3.63, 3.8) is 0 Å². The van der Waals surface area contributed by atoms with Crippen LogP contribution in [-0.2, 0) is 19.1 Å². The molecular weight excluding hydrogens is 433 g/mol. The number of ketones is 1. The number of benzene rings is 2. The molecule has 1 aliphatic rings. The van der Waals surface area contributed by atoms with E-state index in [9.17, 15) is 19.2 Å². The fraction of sp³-hybridized carbons (Fsp3) is 0.238. The van der Waals surface area contributed by atoms with Crippen LogP contribution in [0.5, 0.6) is 0 Å². The molecular formula is C21H17Cl2NO6. The molecule has 156 valence electrons. The van der Waals surface area contributed by atoms with Gasteiger partial charge in [-0.1, -0.05) is 23.2 Å². The normalized spacial score (nSPS) is 15.8. The summed E-state index contributed by atoms with van der Waals surface area (Å²) in [6, 6.07) is 10.7. The van der Waals surface area contributed by atoms with E-state index in [1.54, 1.807) is 12.1 Å². The lowest BCUT2D eigenvalue weighted by molar-refractivity contribution is -0.147. The van der Waals surface area contributed by atoms with Crippen molar-refractivity contribution < 1.29 is 28.7 Å². The number of esters is 2. The van der Waals surface area contributed by atoms with Crippen LogP contribution < -0.4 is 4.90 Å². The van der Waals surface area contributed by atoms with Crippen LogP contribution in [0, 0.1) is 5.92 Å². The second kappa shape index (κ2) is 9.28. The second-order valence-electron chi connectivity index (χ2n) is 6.60. The number of hydrogen-bond acceptors (Lipinski definition) is 6. The van der Waals surface area contributed by atoms with Crippen LogP contribution in [-0.4, -0.2) is 43.9 Å². The molecule has 30 heavy (non-hydrogen) atoms. The van der Waals surface area contributed by atoms with Gasteiger partial charge < -0.3 is 14.4 Å². The molecule has 0 radical (unpaired) electrons. The van der Waals surface area contributed by atoms with E-state index in [0.717, 1.165) is 0 Å². The number of ether oxygens (including phenoxy) is 2. The van der Waals surface area contributed by atoms with Crippen molar-refractivity contribution in [1.82, 2.24) is 0 Å². The minimum atomic E-state index is -0.703. The third-order valence-electron chi connectivity index (χ3n) is 4.64. The standard InChI is InChI=1S/C21H17Cl2NO6/c1-29-20(27)12-2-5-15(6-3-12)24-10-13(8-19(24)26)21(28)30-11-18(25)16-7-4-14(22)9-17(16)23/h2-7,9,13H,8,10-11H2,1H3/t13-/m1/s1. The van der Waals surface area contributed by atoms with Gasteiger partial charge in [0.1, 0.15) is 0 Å². The zero-order valence-corrected chi connectivity index (χ0v) is 17.4. The molecule has 1 fully saturated rings. The van der Waals surface area contributed by atoms with Crippen molar-refractivity contribution in [3.05, 3.63) is 63.6 Å². The predicted octanol–water partition coefficient (Wildman–Crippen LogP) is 3.56. The summed E-state index contributed by atoms with van der Waals surface area (Å²) < 4.78 is 9.74. The van der Waals surface area contributed by atoms with Gasteiger partial charge in [-0.2, -0.15) is 0 Å². The Kier molecular flexibility index (Phi) is 6.74. The molecule has 0 bridgehead atoms. The van der Waals surface area contributed by atoms with Gasteiger partial charge in [-0.25, -0.2) is 4.79 Å². The van der Waals surface area contributed by atoms with Crippen LogP contribution in [0.25, 0.3) is 0 Å². The van der Waals surface area contributed by atoms with Gasteiger partial charge >= 0.3 is 11.9 Å². The molecule has 7 nitrogen and oxygen atoms in total. The Morgan fingerprint density at radius 3 is 2.43 bits per heavy atom. The summed E-state index contributed by atoms with van der Waals surface area (Å²) in [5.41, 5.74) is 1.10. The smallest absolute Gasteiger partial charge is 0.337 e. The Hall–Kier alpha value is -2.90.